The molecule has 3 heterocycles. The molecule has 1 unspecified atom stereocenters. The average Bonchev–Trinajstić information content (AvgIpc) is 3.39. The molecule has 2 aromatic heterocycles. The Balaban J connectivity index is 0.00000300. The zero-order valence-corrected chi connectivity index (χ0v) is 19.5. The van der Waals surface area contributed by atoms with Crippen molar-refractivity contribution >= 4 is 29.9 Å². The van der Waals surface area contributed by atoms with Crippen LogP contribution < -0.4 is 10.6 Å². The number of guanidine groups is 1. The molecule has 1 saturated heterocycles. The maximum absolute atomic E-state index is 5.67. The Hall–Kier alpha value is -1.72. The first kappa shape index (κ1) is 23.6. The molecule has 0 aromatic carbocycles. The highest BCUT2D eigenvalue weighted by Gasteiger charge is 2.14. The van der Waals surface area contributed by atoms with E-state index < -0.39 is 0 Å². The van der Waals surface area contributed by atoms with Gasteiger partial charge in [0.05, 0.1) is 12.7 Å². The van der Waals surface area contributed by atoms with Gasteiger partial charge in [0.1, 0.15) is 11.6 Å². The molecule has 1 aliphatic rings. The summed E-state index contributed by atoms with van der Waals surface area (Å²) in [7, 11) is 1.77. The third-order valence-corrected chi connectivity index (χ3v) is 4.65. The number of imidazole rings is 1. The number of nitrogens with one attached hydrogen (secondary N) is 2. The number of rotatable bonds is 9. The van der Waals surface area contributed by atoms with E-state index in [1.165, 1.54) is 0 Å². The number of aryl methyl sites for hydroxylation is 1. The second-order valence-electron chi connectivity index (χ2n) is 6.79. The monoisotopic (exact) mass is 514 g/mol. The molecule has 9 heteroatoms. The molecule has 0 radical (unpaired) electrons. The topological polar surface area (TPSA) is 85.6 Å². The van der Waals surface area contributed by atoms with Gasteiger partial charge in [-0.3, -0.25) is 9.56 Å². The first-order chi connectivity index (χ1) is 13.8. The Labute approximate surface area is 189 Å². The van der Waals surface area contributed by atoms with Gasteiger partial charge in [-0.25, -0.2) is 9.97 Å². The van der Waals surface area contributed by atoms with Crippen molar-refractivity contribution in [3.8, 4) is 5.82 Å². The van der Waals surface area contributed by atoms with Crippen molar-refractivity contribution in [2.75, 3.05) is 33.4 Å². The van der Waals surface area contributed by atoms with Gasteiger partial charge < -0.3 is 20.1 Å². The Morgan fingerprint density at radius 3 is 2.90 bits per heavy atom. The number of aliphatic imine (C=N–C) groups is 1. The van der Waals surface area contributed by atoms with Crippen LogP contribution in [0.25, 0.3) is 5.82 Å². The highest BCUT2D eigenvalue weighted by Crippen LogP contribution is 2.12. The predicted octanol–water partition coefficient (Wildman–Crippen LogP) is 2.44. The number of halogens is 1. The van der Waals surface area contributed by atoms with E-state index in [2.05, 4.69) is 31.7 Å². The van der Waals surface area contributed by atoms with Gasteiger partial charge in [-0.05, 0) is 37.8 Å². The van der Waals surface area contributed by atoms with Gasteiger partial charge >= 0.3 is 0 Å². The van der Waals surface area contributed by atoms with E-state index in [0.29, 0.717) is 19.3 Å². The number of hydrogen-bond donors (Lipinski definition) is 2. The summed E-state index contributed by atoms with van der Waals surface area (Å²) in [6.07, 6.45) is 9.04. The molecule has 0 spiro atoms. The highest BCUT2D eigenvalue weighted by atomic mass is 127. The van der Waals surface area contributed by atoms with Crippen LogP contribution in [0.4, 0.5) is 0 Å². The van der Waals surface area contributed by atoms with Crippen LogP contribution in [0.15, 0.2) is 35.7 Å². The Bertz CT molecular complexity index is 744. The second kappa shape index (κ2) is 12.8. The lowest BCUT2D eigenvalue weighted by molar-refractivity contribution is 0.0168. The van der Waals surface area contributed by atoms with Crippen LogP contribution in [0.1, 0.15) is 30.7 Å². The Kier molecular flexibility index (Phi) is 10.4. The summed E-state index contributed by atoms with van der Waals surface area (Å²) in [5, 5.41) is 6.61. The Morgan fingerprint density at radius 2 is 2.24 bits per heavy atom. The fourth-order valence-corrected chi connectivity index (χ4v) is 3.06. The average molecular weight is 514 g/mol. The summed E-state index contributed by atoms with van der Waals surface area (Å²) in [6, 6.07) is 4.05. The van der Waals surface area contributed by atoms with Crippen molar-refractivity contribution < 1.29 is 9.47 Å². The van der Waals surface area contributed by atoms with E-state index in [0.717, 1.165) is 62.2 Å². The van der Waals surface area contributed by atoms with Gasteiger partial charge in [0, 0.05) is 51.9 Å². The first-order valence-electron chi connectivity index (χ1n) is 9.85. The first-order valence-corrected chi connectivity index (χ1v) is 9.85. The summed E-state index contributed by atoms with van der Waals surface area (Å²) in [6.45, 7) is 5.73. The molecule has 1 fully saturated rings. The van der Waals surface area contributed by atoms with Crippen LogP contribution in [0.2, 0.25) is 0 Å². The molecular formula is C20H31IN6O2. The van der Waals surface area contributed by atoms with Crippen molar-refractivity contribution in [1.82, 2.24) is 25.2 Å². The van der Waals surface area contributed by atoms with Crippen LogP contribution >= 0.6 is 24.0 Å². The Morgan fingerprint density at radius 1 is 1.34 bits per heavy atom. The summed E-state index contributed by atoms with van der Waals surface area (Å²) < 4.78 is 13.2. The summed E-state index contributed by atoms with van der Waals surface area (Å²) >= 11 is 0. The minimum absolute atomic E-state index is 0. The minimum atomic E-state index is 0. The lowest BCUT2D eigenvalue weighted by Gasteiger charge is -2.13. The van der Waals surface area contributed by atoms with Gasteiger partial charge in [-0.1, -0.05) is 6.07 Å². The zero-order valence-electron chi connectivity index (χ0n) is 17.1. The van der Waals surface area contributed by atoms with Crippen molar-refractivity contribution in [2.45, 2.75) is 38.8 Å². The fourth-order valence-electron chi connectivity index (χ4n) is 3.06. The lowest BCUT2D eigenvalue weighted by Crippen LogP contribution is -2.37. The molecule has 0 aliphatic carbocycles. The quantitative estimate of drug-likeness (QED) is 0.232. The van der Waals surface area contributed by atoms with Gasteiger partial charge in [0.15, 0.2) is 5.96 Å². The molecule has 2 aromatic rings. The molecule has 0 bridgehead atoms. The van der Waals surface area contributed by atoms with Crippen LogP contribution in [-0.4, -0.2) is 60.0 Å². The van der Waals surface area contributed by atoms with E-state index in [1.807, 2.05) is 30.0 Å². The molecule has 0 amide bonds. The lowest BCUT2D eigenvalue weighted by atomic mass is 10.2. The smallest absolute Gasteiger partial charge is 0.191 e. The number of ether oxygens (including phenoxy) is 2. The molecule has 160 valence electrons. The van der Waals surface area contributed by atoms with Gasteiger partial charge in [-0.15, -0.1) is 24.0 Å². The molecule has 0 saturated carbocycles. The van der Waals surface area contributed by atoms with Crippen LogP contribution in [-0.2, 0) is 16.0 Å². The standard InChI is InChI=1S/C20H30N6O2.HI/c1-16-22-9-10-26(16)19-7-6-17(13-24-19)14-25-20(21-2)23-8-4-11-27-15-18-5-3-12-28-18;/h6-7,9-10,13,18H,3-5,8,11-12,14-15H2,1-2H3,(H2,21,23,25);1H. The number of pyridine rings is 1. The van der Waals surface area contributed by atoms with E-state index in [-0.39, 0.29) is 24.0 Å². The number of aromatic nitrogens is 3. The third kappa shape index (κ3) is 7.56. The van der Waals surface area contributed by atoms with E-state index in [1.54, 1.807) is 13.2 Å². The maximum atomic E-state index is 5.67. The van der Waals surface area contributed by atoms with Crippen LogP contribution in [0.5, 0.6) is 0 Å². The molecule has 3 rings (SSSR count). The normalized spacial score (nSPS) is 16.5. The van der Waals surface area contributed by atoms with Gasteiger partial charge in [0.25, 0.3) is 0 Å². The molecule has 1 aliphatic heterocycles. The van der Waals surface area contributed by atoms with Gasteiger partial charge in [-0.2, -0.15) is 0 Å². The molecule has 2 N–H and O–H groups in total. The molecule has 1 atom stereocenters. The number of hydrogen-bond acceptors (Lipinski definition) is 5. The molecule has 8 nitrogen and oxygen atoms in total. The third-order valence-electron chi connectivity index (χ3n) is 4.65. The maximum Gasteiger partial charge on any atom is 0.191 e. The minimum Gasteiger partial charge on any atom is -0.379 e. The zero-order chi connectivity index (χ0) is 19.6. The van der Waals surface area contributed by atoms with Gasteiger partial charge in [0.2, 0.25) is 0 Å². The van der Waals surface area contributed by atoms with Crippen LogP contribution in [0, 0.1) is 6.92 Å². The van der Waals surface area contributed by atoms with Crippen LogP contribution in [0.3, 0.4) is 0 Å². The predicted molar refractivity (Wildman–Crippen MR) is 124 cm³/mol. The summed E-state index contributed by atoms with van der Waals surface area (Å²) in [5.41, 5.74) is 1.09. The summed E-state index contributed by atoms with van der Waals surface area (Å²) in [5.74, 6) is 2.56. The molecular weight excluding hydrogens is 483 g/mol. The van der Waals surface area contributed by atoms with E-state index in [4.69, 9.17) is 9.47 Å². The second-order valence-corrected chi connectivity index (χ2v) is 6.79. The number of nitrogens with zero attached hydrogens (tertiary/aromatic N) is 4. The fraction of sp³-hybridized carbons (Fsp3) is 0.550. The highest BCUT2D eigenvalue weighted by molar-refractivity contribution is 14.0. The van der Waals surface area contributed by atoms with E-state index in [9.17, 15) is 0 Å². The van der Waals surface area contributed by atoms with Crippen molar-refractivity contribution in [3.05, 3.63) is 42.1 Å². The largest absolute Gasteiger partial charge is 0.379 e. The van der Waals surface area contributed by atoms with Crippen molar-refractivity contribution in [1.29, 1.82) is 0 Å². The summed E-state index contributed by atoms with van der Waals surface area (Å²) in [4.78, 5) is 13.0. The van der Waals surface area contributed by atoms with Crippen molar-refractivity contribution in [3.63, 3.8) is 0 Å². The molecule has 29 heavy (non-hydrogen) atoms. The SMILES string of the molecule is CN=C(NCCCOCC1CCCO1)NCc1ccc(-n2ccnc2C)nc1.I. The van der Waals surface area contributed by atoms with Crippen molar-refractivity contribution in [2.24, 2.45) is 4.99 Å². The van der Waals surface area contributed by atoms with E-state index >= 15 is 0 Å².